The Labute approximate surface area is 97.2 Å². The summed E-state index contributed by atoms with van der Waals surface area (Å²) in [5.41, 5.74) is 0. The zero-order chi connectivity index (χ0) is 7.49. The topological polar surface area (TPSA) is 0 Å². The summed E-state index contributed by atoms with van der Waals surface area (Å²) >= 11 is 16.7. The Morgan fingerprint density at radius 1 is 1.22 bits per heavy atom. The predicted molar refractivity (Wildman–Crippen MR) is 60.1 cm³/mol. The molecule has 0 nitrogen and oxygen atoms in total. The van der Waals surface area contributed by atoms with Gasteiger partial charge in [0.2, 0.25) is 0 Å². The Bertz CT molecular complexity index is 73.5. The maximum atomic E-state index is 3.35. The maximum absolute atomic E-state index is 3.35. The van der Waals surface area contributed by atoms with E-state index in [1.54, 1.807) is 0 Å². The Balaban J connectivity index is 3.28. The van der Waals surface area contributed by atoms with E-state index in [0.717, 1.165) is 6.42 Å². The number of hydrogen-bond donors (Lipinski definition) is 0. The zero-order valence-electron chi connectivity index (χ0n) is 4.25. The van der Waals surface area contributed by atoms with Crippen molar-refractivity contribution >= 4 is 79.6 Å². The fourth-order valence-corrected chi connectivity index (χ4v) is 1.16. The summed E-state index contributed by atoms with van der Waals surface area (Å²) in [5.74, 6) is 0. The molecule has 5 heteroatoms. The number of rotatable bonds is 2. The van der Waals surface area contributed by atoms with Gasteiger partial charge in [0.1, 0.15) is 2.14 Å². The van der Waals surface area contributed by atoms with E-state index >= 15 is 0 Å². The summed E-state index contributed by atoms with van der Waals surface area (Å²) in [6, 6.07) is 0. The number of alkyl halides is 5. The molecule has 55 valence electrons. The molecule has 0 N–H and O–H groups in total. The lowest BCUT2D eigenvalue weighted by Crippen LogP contribution is -2.02. The van der Waals surface area contributed by atoms with E-state index in [0.29, 0.717) is 3.74 Å². The van der Waals surface area contributed by atoms with Gasteiger partial charge in [0.15, 0.2) is 0 Å². The molecule has 0 aliphatic rings. The average Bonchev–Trinajstić information content (AvgIpc) is 1.59. The molecule has 0 bridgehead atoms. The molecule has 0 aromatic rings. The first kappa shape index (κ1) is 11.4. The van der Waals surface area contributed by atoms with Crippen LogP contribution in [0.25, 0.3) is 0 Å². The summed E-state index contributed by atoms with van der Waals surface area (Å²) in [7, 11) is 0. The van der Waals surface area contributed by atoms with E-state index in [1.807, 2.05) is 6.42 Å². The van der Waals surface area contributed by atoms with Crippen LogP contribution >= 0.6 is 79.6 Å². The molecule has 0 aromatic heterocycles. The number of halogens is 5. The van der Waals surface area contributed by atoms with Crippen molar-refractivity contribution < 1.29 is 0 Å². The lowest BCUT2D eigenvalue weighted by atomic mass is 10.4. The second-order valence-electron chi connectivity index (χ2n) is 1.37. The van der Waals surface area contributed by atoms with Crippen molar-refractivity contribution in [2.75, 3.05) is 0 Å². The normalized spacial score (nSPS) is 12.7. The van der Waals surface area contributed by atoms with Gasteiger partial charge in [-0.15, -0.1) is 0 Å². The van der Waals surface area contributed by atoms with Crippen molar-refractivity contribution in [1.29, 1.82) is 0 Å². The molecule has 0 unspecified atom stereocenters. The summed E-state index contributed by atoms with van der Waals surface area (Å²) < 4.78 is 0.129. The van der Waals surface area contributed by atoms with E-state index < -0.39 is 0 Å². The first-order chi connectivity index (χ1) is 3.92. The highest BCUT2D eigenvalue weighted by molar-refractivity contribution is 9.39. The minimum absolute atomic E-state index is 0.215. The lowest BCUT2D eigenvalue weighted by Gasteiger charge is -2.10. The minimum Gasteiger partial charge on any atom is -0.0765 e. The predicted octanol–water partition coefficient (Wildman–Crippen LogP) is 4.54. The molecule has 0 aliphatic carbocycles. The van der Waals surface area contributed by atoms with Gasteiger partial charge in [0.25, 0.3) is 0 Å². The summed E-state index contributed by atoms with van der Waals surface area (Å²) in [6.07, 6.45) is 2.98. The maximum Gasteiger partial charge on any atom is 0.138 e. The van der Waals surface area contributed by atoms with Crippen LogP contribution in [0.1, 0.15) is 6.42 Å². The molecule has 0 aromatic carbocycles. The molecule has 0 fully saturated rings. The van der Waals surface area contributed by atoms with Crippen LogP contribution in [0, 0.1) is 6.42 Å². The van der Waals surface area contributed by atoms with Gasteiger partial charge in [0, 0.05) is 6.42 Å². The number of hydrogen-bond acceptors (Lipinski definition) is 0. The fraction of sp³-hybridized carbons (Fsp3) is 0.750. The van der Waals surface area contributed by atoms with Gasteiger partial charge >= 0.3 is 0 Å². The Morgan fingerprint density at radius 2 is 1.67 bits per heavy atom. The highest BCUT2D eigenvalue weighted by Crippen LogP contribution is 2.38. The minimum atomic E-state index is -0.215. The van der Waals surface area contributed by atoms with Crippen LogP contribution in [0.2, 0.25) is 0 Å². The van der Waals surface area contributed by atoms with Crippen molar-refractivity contribution in [1.82, 2.24) is 0 Å². The summed E-state index contributed by atoms with van der Waals surface area (Å²) in [6.45, 7) is 0. The largest absolute Gasteiger partial charge is 0.138 e. The second-order valence-corrected chi connectivity index (χ2v) is 11.8. The first-order valence-corrected chi connectivity index (χ1v) is 6.32. The van der Waals surface area contributed by atoms with Crippen LogP contribution in [0.3, 0.4) is 0 Å². The molecule has 0 saturated carbocycles. The Morgan fingerprint density at radius 3 is 1.78 bits per heavy atom. The molecule has 0 heterocycles. The van der Waals surface area contributed by atoms with E-state index in [-0.39, 0.29) is 2.14 Å². The molecule has 0 rings (SSSR count). The van der Waals surface area contributed by atoms with Crippen molar-refractivity contribution in [3.05, 3.63) is 6.42 Å². The molecule has 1 radical (unpaired) electrons. The molecule has 9 heavy (non-hydrogen) atoms. The van der Waals surface area contributed by atoms with Gasteiger partial charge in [-0.05, 0) is 6.42 Å². The molecular weight excluding hydrogens is 448 g/mol. The summed E-state index contributed by atoms with van der Waals surface area (Å²) in [5, 5.41) is 0. The van der Waals surface area contributed by atoms with Gasteiger partial charge in [0.05, 0.1) is 3.74 Å². The van der Waals surface area contributed by atoms with Gasteiger partial charge < -0.3 is 0 Å². The van der Waals surface area contributed by atoms with Crippen LogP contribution in [0.4, 0.5) is 0 Å². The molecule has 0 amide bonds. The molecular formula is C4H4Br5. The van der Waals surface area contributed by atoms with Crippen LogP contribution in [0.15, 0.2) is 0 Å². The second kappa shape index (κ2) is 5.12. The molecule has 0 atom stereocenters. The summed E-state index contributed by atoms with van der Waals surface area (Å²) in [4.78, 5) is 0. The smallest absolute Gasteiger partial charge is 0.0765 e. The third-order valence-electron chi connectivity index (χ3n) is 0.527. The molecule has 0 spiro atoms. The van der Waals surface area contributed by atoms with Crippen molar-refractivity contribution in [2.45, 2.75) is 12.3 Å². The van der Waals surface area contributed by atoms with Crippen LogP contribution in [-0.2, 0) is 0 Å². The van der Waals surface area contributed by atoms with Crippen molar-refractivity contribution in [3.8, 4) is 0 Å². The SMILES string of the molecule is BrC(Br)C[CH]C(Br)(Br)Br. The third kappa shape index (κ3) is 10.4. The third-order valence-corrected chi connectivity index (χ3v) is 2.25. The standard InChI is InChI=1S/C4H4Br5/c5-3(6)1-2-4(7,8)9/h2-3H,1H2. The fourth-order valence-electron chi connectivity index (χ4n) is 0.223. The van der Waals surface area contributed by atoms with E-state index in [2.05, 4.69) is 79.6 Å². The molecule has 0 aliphatic heterocycles. The van der Waals surface area contributed by atoms with E-state index in [9.17, 15) is 0 Å². The van der Waals surface area contributed by atoms with Crippen molar-refractivity contribution in [3.63, 3.8) is 0 Å². The van der Waals surface area contributed by atoms with Gasteiger partial charge in [-0.2, -0.15) is 0 Å². The van der Waals surface area contributed by atoms with Gasteiger partial charge in [-0.25, -0.2) is 0 Å². The Kier molecular flexibility index (Phi) is 6.48. The Hall–Kier alpha value is 2.40. The van der Waals surface area contributed by atoms with E-state index in [1.165, 1.54) is 0 Å². The van der Waals surface area contributed by atoms with Crippen LogP contribution in [-0.4, -0.2) is 5.88 Å². The van der Waals surface area contributed by atoms with E-state index in [4.69, 9.17) is 0 Å². The lowest BCUT2D eigenvalue weighted by molar-refractivity contribution is 1.07. The first-order valence-electron chi connectivity index (χ1n) is 2.11. The van der Waals surface area contributed by atoms with Gasteiger partial charge in [-0.3, -0.25) is 0 Å². The average molecular weight is 452 g/mol. The highest BCUT2D eigenvalue weighted by atomic mass is 80.0. The van der Waals surface area contributed by atoms with Crippen LogP contribution < -0.4 is 0 Å². The van der Waals surface area contributed by atoms with Gasteiger partial charge in [-0.1, -0.05) is 79.6 Å². The van der Waals surface area contributed by atoms with Crippen LogP contribution in [0.5, 0.6) is 0 Å². The monoisotopic (exact) mass is 447 g/mol. The highest BCUT2D eigenvalue weighted by Gasteiger charge is 2.18. The molecule has 0 saturated heterocycles. The van der Waals surface area contributed by atoms with Crippen molar-refractivity contribution in [2.24, 2.45) is 0 Å². The quantitative estimate of drug-likeness (QED) is 0.541. The zero-order valence-corrected chi connectivity index (χ0v) is 12.2.